The van der Waals surface area contributed by atoms with Crippen LogP contribution in [-0.4, -0.2) is 27.9 Å². The SMILES string of the molecule is Cc1noc(=O)c2ccc(NC(=O)C(O)(CC3(c4cccc(F)c4F)CC3)C(F)(F)F)cc12. The van der Waals surface area contributed by atoms with Gasteiger partial charge in [-0.2, -0.15) is 13.2 Å². The lowest BCUT2D eigenvalue weighted by atomic mass is 9.81. The van der Waals surface area contributed by atoms with E-state index in [9.17, 15) is 36.6 Å². The van der Waals surface area contributed by atoms with Crippen LogP contribution in [0.5, 0.6) is 0 Å². The number of aliphatic hydroxyl groups is 1. The number of anilines is 1. The van der Waals surface area contributed by atoms with Crippen molar-refractivity contribution >= 4 is 22.4 Å². The minimum atomic E-state index is -5.41. The molecule has 0 bridgehead atoms. The summed E-state index contributed by atoms with van der Waals surface area (Å²) in [7, 11) is 0. The van der Waals surface area contributed by atoms with E-state index >= 15 is 0 Å². The minimum Gasteiger partial charge on any atom is -0.373 e. The predicted octanol–water partition coefficient (Wildman–Crippen LogP) is 4.13. The van der Waals surface area contributed by atoms with E-state index in [1.165, 1.54) is 25.1 Å². The first kappa shape index (κ1) is 22.8. The van der Waals surface area contributed by atoms with Crippen molar-refractivity contribution in [2.24, 2.45) is 0 Å². The highest BCUT2D eigenvalue weighted by Gasteiger charge is 2.65. The monoisotopic (exact) mass is 468 g/mol. The number of fused-ring (bicyclic) bond motifs is 1. The van der Waals surface area contributed by atoms with Crippen LogP contribution in [0.3, 0.4) is 0 Å². The summed E-state index contributed by atoms with van der Waals surface area (Å²) in [5, 5.41) is 16.4. The molecular weight excluding hydrogens is 451 g/mol. The number of carbonyl (C=O) groups is 1. The Hall–Kier alpha value is -3.34. The molecule has 1 aromatic heterocycles. The fourth-order valence-corrected chi connectivity index (χ4v) is 3.95. The number of halogens is 5. The molecule has 3 aromatic rings. The second kappa shape index (κ2) is 7.62. The van der Waals surface area contributed by atoms with Crippen LogP contribution in [0.2, 0.25) is 0 Å². The topological polar surface area (TPSA) is 92.4 Å². The highest BCUT2D eigenvalue weighted by molar-refractivity contribution is 6.00. The summed E-state index contributed by atoms with van der Waals surface area (Å²) >= 11 is 0. The first-order valence-corrected chi connectivity index (χ1v) is 9.83. The van der Waals surface area contributed by atoms with E-state index in [0.717, 1.165) is 18.2 Å². The van der Waals surface area contributed by atoms with Crippen LogP contribution < -0.4 is 10.9 Å². The van der Waals surface area contributed by atoms with Crippen molar-refractivity contribution in [1.82, 2.24) is 5.16 Å². The highest BCUT2D eigenvalue weighted by Crippen LogP contribution is 2.56. The number of nitrogens with zero attached hydrogens (tertiary/aromatic N) is 1. The summed E-state index contributed by atoms with van der Waals surface area (Å²) < 4.78 is 74.4. The normalized spacial score (nSPS) is 16.9. The van der Waals surface area contributed by atoms with Gasteiger partial charge in [-0.15, -0.1) is 0 Å². The third-order valence-electron chi connectivity index (χ3n) is 5.97. The molecule has 33 heavy (non-hydrogen) atoms. The van der Waals surface area contributed by atoms with Gasteiger partial charge < -0.3 is 14.9 Å². The first-order chi connectivity index (χ1) is 15.4. The minimum absolute atomic E-state index is 0.0374. The van der Waals surface area contributed by atoms with Gasteiger partial charge in [0.05, 0.1) is 11.1 Å². The Kier molecular flexibility index (Phi) is 5.27. The smallest absolute Gasteiger partial charge is 0.373 e. The molecule has 1 aliphatic carbocycles. The lowest BCUT2D eigenvalue weighted by Crippen LogP contribution is -2.56. The zero-order valence-corrected chi connectivity index (χ0v) is 17.1. The molecule has 11 heteroatoms. The summed E-state index contributed by atoms with van der Waals surface area (Å²) in [6.07, 6.45) is -6.52. The van der Waals surface area contributed by atoms with E-state index < -0.39 is 46.8 Å². The number of rotatable bonds is 5. The summed E-state index contributed by atoms with van der Waals surface area (Å²) in [5.74, 6) is -4.33. The fourth-order valence-electron chi connectivity index (χ4n) is 3.95. The van der Waals surface area contributed by atoms with Gasteiger partial charge in [0.25, 0.3) is 5.91 Å². The van der Waals surface area contributed by atoms with E-state index in [1.807, 2.05) is 5.32 Å². The van der Waals surface area contributed by atoms with Crippen molar-refractivity contribution in [1.29, 1.82) is 0 Å². The van der Waals surface area contributed by atoms with Gasteiger partial charge in [0.15, 0.2) is 11.6 Å². The molecule has 1 unspecified atom stereocenters. The highest BCUT2D eigenvalue weighted by atomic mass is 19.4. The maximum atomic E-state index is 14.3. The van der Waals surface area contributed by atoms with Crippen molar-refractivity contribution in [2.75, 3.05) is 5.32 Å². The van der Waals surface area contributed by atoms with Crippen molar-refractivity contribution in [3.63, 3.8) is 0 Å². The number of benzene rings is 2. The molecule has 1 aliphatic rings. The maximum Gasteiger partial charge on any atom is 0.426 e. The molecule has 1 heterocycles. The number of aryl methyl sites for hydroxylation is 1. The number of hydrogen-bond donors (Lipinski definition) is 2. The summed E-state index contributed by atoms with van der Waals surface area (Å²) in [4.78, 5) is 24.5. The molecule has 0 spiro atoms. The number of amides is 1. The van der Waals surface area contributed by atoms with Crippen molar-refractivity contribution in [3.05, 3.63) is 69.7 Å². The van der Waals surface area contributed by atoms with Crippen LogP contribution in [0.15, 0.2) is 45.7 Å². The third-order valence-corrected chi connectivity index (χ3v) is 5.97. The van der Waals surface area contributed by atoms with Gasteiger partial charge in [-0.1, -0.05) is 17.3 Å². The van der Waals surface area contributed by atoms with E-state index in [4.69, 9.17) is 0 Å². The van der Waals surface area contributed by atoms with E-state index in [1.54, 1.807) is 0 Å². The summed E-state index contributed by atoms with van der Waals surface area (Å²) in [5.41, 5.74) is -6.40. The molecule has 4 rings (SSSR count). The predicted molar refractivity (Wildman–Crippen MR) is 107 cm³/mol. The zero-order chi connectivity index (χ0) is 24.2. The van der Waals surface area contributed by atoms with E-state index in [2.05, 4.69) is 9.68 Å². The molecule has 1 atom stereocenters. The standard InChI is InChI=1S/C22H17F5N2O4/c1-11-14-9-12(5-6-13(14)18(30)33-29-11)28-19(31)21(32,22(25,26)27)10-20(7-8-20)15-3-2-4-16(23)17(15)24/h2-6,9,32H,7-8,10H2,1H3,(H,28,31). The molecule has 6 nitrogen and oxygen atoms in total. The van der Waals surface area contributed by atoms with E-state index in [-0.39, 0.29) is 40.6 Å². The summed E-state index contributed by atoms with van der Waals surface area (Å²) in [6, 6.07) is 6.76. The largest absolute Gasteiger partial charge is 0.426 e. The second-order valence-electron chi connectivity index (χ2n) is 8.19. The third kappa shape index (κ3) is 3.86. The molecule has 1 fully saturated rings. The van der Waals surface area contributed by atoms with Crippen LogP contribution in [0, 0.1) is 18.6 Å². The Morgan fingerprint density at radius 2 is 1.88 bits per heavy atom. The van der Waals surface area contributed by atoms with Gasteiger partial charge in [0.1, 0.15) is 0 Å². The molecule has 1 saturated carbocycles. The van der Waals surface area contributed by atoms with Crippen LogP contribution >= 0.6 is 0 Å². The Morgan fingerprint density at radius 1 is 1.18 bits per heavy atom. The second-order valence-corrected chi connectivity index (χ2v) is 8.19. The molecule has 2 aromatic carbocycles. The Labute approximate surface area is 183 Å². The molecule has 1 amide bonds. The first-order valence-electron chi connectivity index (χ1n) is 9.83. The maximum absolute atomic E-state index is 14.3. The molecular formula is C22H17F5N2O4. The van der Waals surface area contributed by atoms with Crippen molar-refractivity contribution in [2.45, 2.75) is 43.4 Å². The summed E-state index contributed by atoms with van der Waals surface area (Å²) in [6.45, 7) is 1.49. The van der Waals surface area contributed by atoms with E-state index in [0.29, 0.717) is 0 Å². The fraction of sp³-hybridized carbons (Fsp3) is 0.318. The van der Waals surface area contributed by atoms with Crippen LogP contribution in [0.1, 0.15) is 30.5 Å². The number of hydrogen-bond acceptors (Lipinski definition) is 5. The van der Waals surface area contributed by atoms with Crippen LogP contribution in [0.4, 0.5) is 27.6 Å². The lowest BCUT2D eigenvalue weighted by Gasteiger charge is -2.33. The average Bonchev–Trinajstić information content (AvgIpc) is 3.52. The van der Waals surface area contributed by atoms with Crippen molar-refractivity contribution in [3.8, 4) is 0 Å². The average molecular weight is 468 g/mol. The van der Waals surface area contributed by atoms with Crippen molar-refractivity contribution < 1.29 is 36.4 Å². The molecule has 0 aliphatic heterocycles. The lowest BCUT2D eigenvalue weighted by molar-refractivity contribution is -0.253. The number of alkyl halides is 3. The molecule has 0 saturated heterocycles. The number of carbonyl (C=O) groups excluding carboxylic acids is 1. The van der Waals surface area contributed by atoms with Gasteiger partial charge in [0, 0.05) is 22.9 Å². The van der Waals surface area contributed by atoms with Gasteiger partial charge in [-0.25, -0.2) is 13.6 Å². The Bertz CT molecular complexity index is 1320. The van der Waals surface area contributed by atoms with Gasteiger partial charge in [0.2, 0.25) is 5.60 Å². The van der Waals surface area contributed by atoms with Crippen LogP contribution in [0.25, 0.3) is 10.8 Å². The quantitative estimate of drug-likeness (QED) is 0.550. The Morgan fingerprint density at radius 3 is 2.52 bits per heavy atom. The zero-order valence-electron chi connectivity index (χ0n) is 17.1. The molecule has 174 valence electrons. The number of aromatic nitrogens is 1. The molecule has 0 radical (unpaired) electrons. The van der Waals surface area contributed by atoms with Gasteiger partial charge in [-0.05, 0) is 49.6 Å². The molecule has 2 N–H and O–H groups in total. The van der Waals surface area contributed by atoms with Crippen LogP contribution in [-0.2, 0) is 10.2 Å². The van der Waals surface area contributed by atoms with Gasteiger partial charge >= 0.3 is 11.8 Å². The Balaban J connectivity index is 1.68. The number of nitrogens with one attached hydrogen (secondary N) is 1. The van der Waals surface area contributed by atoms with Gasteiger partial charge in [-0.3, -0.25) is 4.79 Å².